The van der Waals surface area contributed by atoms with Crippen molar-refractivity contribution in [1.82, 2.24) is 0 Å². The molecule has 13 heavy (non-hydrogen) atoms. The minimum absolute atomic E-state index is 0. The Morgan fingerprint density at radius 2 is 0.615 bits per heavy atom. The van der Waals surface area contributed by atoms with Gasteiger partial charge in [-0.2, -0.15) is 9.90 Å². The summed E-state index contributed by atoms with van der Waals surface area (Å²) in [7, 11) is 0. The summed E-state index contributed by atoms with van der Waals surface area (Å²) in [6.45, 7) is 0. The van der Waals surface area contributed by atoms with Gasteiger partial charge >= 0.3 is 101 Å². The van der Waals surface area contributed by atoms with Crippen LogP contribution in [0, 0.1) is 0 Å². The molecule has 0 heterocycles. The molecule has 0 bridgehead atoms. The van der Waals surface area contributed by atoms with Gasteiger partial charge in [-0.1, -0.05) is 0 Å². The Bertz CT molecular complexity index is 46.1. The Morgan fingerprint density at radius 1 is 0.615 bits per heavy atom. The van der Waals surface area contributed by atoms with Crippen LogP contribution in [0.15, 0.2) is 0 Å². The molecule has 0 saturated heterocycles. The van der Waals surface area contributed by atoms with Crippen LogP contribution in [0.25, 0.3) is 0 Å². The van der Waals surface area contributed by atoms with Gasteiger partial charge in [-0.15, -0.1) is 0 Å². The molecule has 0 aromatic rings. The predicted molar refractivity (Wildman–Crippen MR) is 81.1 cm³/mol. The van der Waals surface area contributed by atoms with Crippen molar-refractivity contribution in [2.75, 3.05) is 0 Å². The van der Waals surface area contributed by atoms with Crippen molar-refractivity contribution in [3.63, 3.8) is 0 Å². The zero-order valence-electron chi connectivity index (χ0n) is 11.2. The van der Waals surface area contributed by atoms with Crippen LogP contribution < -0.4 is 0 Å². The van der Waals surface area contributed by atoms with Gasteiger partial charge in [0.1, 0.15) is 0 Å². The Morgan fingerprint density at radius 3 is 0.615 bits per heavy atom. The SMILES string of the molecule is P.[CH3][Ge]([CH3])[CH3].[CH3][Sn]([CH3])[CH3].[CH3][Sn]([CH3])[CH3]. The number of hydrogen-bond acceptors (Lipinski definition) is 0. The first-order valence-corrected chi connectivity index (χ1v) is 27.9. The first-order valence-electron chi connectivity index (χ1n) is 4.50. The number of rotatable bonds is 0. The van der Waals surface area contributed by atoms with Crippen molar-refractivity contribution in [3.8, 4) is 0 Å². The van der Waals surface area contributed by atoms with Crippen molar-refractivity contribution in [2.45, 2.75) is 46.9 Å². The van der Waals surface area contributed by atoms with Crippen molar-refractivity contribution in [1.29, 1.82) is 0 Å². The summed E-state index contributed by atoms with van der Waals surface area (Å²) in [5, 5.41) is 0. The van der Waals surface area contributed by atoms with E-state index < -0.39 is 39.5 Å². The van der Waals surface area contributed by atoms with Crippen molar-refractivity contribution < 1.29 is 0 Å². The molecule has 0 rings (SSSR count). The van der Waals surface area contributed by atoms with E-state index in [2.05, 4.69) is 46.9 Å². The summed E-state index contributed by atoms with van der Waals surface area (Å²) in [5.41, 5.74) is 0. The molecular formula is C9H30GePSn2. The molecule has 0 aliphatic carbocycles. The van der Waals surface area contributed by atoms with Gasteiger partial charge in [-0.25, -0.2) is 0 Å². The second kappa shape index (κ2) is 20.0. The van der Waals surface area contributed by atoms with E-state index in [0.717, 1.165) is 0 Å². The van der Waals surface area contributed by atoms with E-state index in [-0.39, 0.29) is 24.2 Å². The molecule has 1 unspecified atom stereocenters. The molecule has 0 aromatic carbocycles. The van der Waals surface area contributed by atoms with Gasteiger partial charge in [0.25, 0.3) is 0 Å². The molecule has 0 N–H and O–H groups in total. The summed E-state index contributed by atoms with van der Waals surface area (Å²) in [4.78, 5) is 14.2. The molecule has 0 fully saturated rings. The Labute approximate surface area is 109 Å². The Kier molecular flexibility index (Phi) is 38.1. The first kappa shape index (κ1) is 24.7. The third-order valence-corrected chi connectivity index (χ3v) is 0. The van der Waals surface area contributed by atoms with E-state index in [1.54, 1.807) is 0 Å². The average molecular weight is 479 g/mol. The molecular weight excluding hydrogens is 449 g/mol. The molecule has 0 nitrogen and oxygen atoms in total. The van der Waals surface area contributed by atoms with Crippen LogP contribution >= 0.6 is 9.90 Å². The fraction of sp³-hybridized carbons (Fsp3) is 1.00. The van der Waals surface area contributed by atoms with Crippen molar-refractivity contribution in [2.24, 2.45) is 0 Å². The van der Waals surface area contributed by atoms with Gasteiger partial charge in [-0.05, 0) is 0 Å². The van der Waals surface area contributed by atoms with Crippen LogP contribution in [-0.2, 0) is 0 Å². The van der Waals surface area contributed by atoms with Gasteiger partial charge < -0.3 is 0 Å². The van der Waals surface area contributed by atoms with Gasteiger partial charge in [0.05, 0.1) is 0 Å². The van der Waals surface area contributed by atoms with Gasteiger partial charge in [0.15, 0.2) is 0 Å². The molecule has 4 heteroatoms. The second-order valence-corrected chi connectivity index (χ2v) is 27.9. The van der Waals surface area contributed by atoms with Crippen LogP contribution in [0.3, 0.4) is 0 Å². The molecule has 83 valence electrons. The van der Waals surface area contributed by atoms with Gasteiger partial charge in [0, 0.05) is 0 Å². The summed E-state index contributed by atoms with van der Waals surface area (Å²) in [5.74, 6) is 7.00. The monoisotopic (exact) mass is 483 g/mol. The van der Waals surface area contributed by atoms with Gasteiger partial charge in [-0.3, -0.25) is 0 Å². The van der Waals surface area contributed by atoms with Crippen LogP contribution in [0.1, 0.15) is 0 Å². The zero-order valence-corrected chi connectivity index (χ0v) is 20.4. The third-order valence-electron chi connectivity index (χ3n) is 0. The van der Waals surface area contributed by atoms with Crippen LogP contribution in [0.2, 0.25) is 46.9 Å². The normalized spacial score (nSPS) is 8.31. The standard InChI is InChI=1S/C3H9Ge.6CH3.H3P.2Sn/c1-4(2)3;;;;;;;;;/h1-3H3;7*1H3;;. The van der Waals surface area contributed by atoms with E-state index in [0.29, 0.717) is 0 Å². The van der Waals surface area contributed by atoms with Crippen LogP contribution in [0.5, 0.6) is 0 Å². The fourth-order valence-corrected chi connectivity index (χ4v) is 0. The molecule has 0 aromatic heterocycles. The fourth-order valence-electron chi connectivity index (χ4n) is 0. The maximum atomic E-state index is 2.36. The van der Waals surface area contributed by atoms with E-state index in [4.69, 9.17) is 0 Å². The van der Waals surface area contributed by atoms with E-state index in [9.17, 15) is 0 Å². The topological polar surface area (TPSA) is 0 Å². The third kappa shape index (κ3) is 348. The molecule has 0 saturated carbocycles. The van der Waals surface area contributed by atoms with Crippen LogP contribution in [-0.4, -0.2) is 53.9 Å². The maximum absolute atomic E-state index is 2.36. The molecule has 0 amide bonds. The molecule has 0 spiro atoms. The van der Waals surface area contributed by atoms with E-state index in [1.165, 1.54) is 0 Å². The predicted octanol–water partition coefficient (Wildman–Crippen LogP) is 4.17. The Balaban J connectivity index is -0.0000000450. The molecule has 3 radical (unpaired) electrons. The summed E-state index contributed by atoms with van der Waals surface area (Å²) < 4.78 is 0. The summed E-state index contributed by atoms with van der Waals surface area (Å²) in [6.07, 6.45) is 0. The average Bonchev–Trinajstić information content (AvgIpc) is 1.54. The van der Waals surface area contributed by atoms with E-state index in [1.807, 2.05) is 0 Å². The Hall–Kier alpha value is 2.57. The molecule has 0 aliphatic rings. The molecule has 1 atom stereocenters. The first-order chi connectivity index (χ1) is 5.20. The quantitative estimate of drug-likeness (QED) is 0.362. The zero-order chi connectivity index (χ0) is 10.7. The van der Waals surface area contributed by atoms with Crippen LogP contribution in [0.4, 0.5) is 0 Å². The molecule has 0 aliphatic heterocycles. The minimum atomic E-state index is -0.543. The van der Waals surface area contributed by atoms with Crippen molar-refractivity contribution >= 4 is 63.8 Å². The number of hydrogen-bond donors (Lipinski definition) is 0. The summed E-state index contributed by atoms with van der Waals surface area (Å²) >= 11 is -1.42. The summed E-state index contributed by atoms with van der Waals surface area (Å²) in [6, 6.07) is 0. The van der Waals surface area contributed by atoms with Crippen molar-refractivity contribution in [3.05, 3.63) is 0 Å². The van der Waals surface area contributed by atoms with Gasteiger partial charge in [0.2, 0.25) is 0 Å². The second-order valence-electron chi connectivity index (χ2n) is 4.50. The van der Waals surface area contributed by atoms with E-state index >= 15 is 0 Å².